The summed E-state index contributed by atoms with van der Waals surface area (Å²) >= 11 is 3.23. The first kappa shape index (κ1) is 8.97. The van der Waals surface area contributed by atoms with Crippen LogP contribution in [0.25, 0.3) is 0 Å². The minimum absolute atomic E-state index is 0.0146. The van der Waals surface area contributed by atoms with Crippen molar-refractivity contribution in [2.24, 2.45) is 0 Å². The van der Waals surface area contributed by atoms with Gasteiger partial charge in [0, 0.05) is 18.2 Å². The van der Waals surface area contributed by atoms with Crippen LogP contribution < -0.4 is 0 Å². The summed E-state index contributed by atoms with van der Waals surface area (Å²) in [5.74, 6) is 0.810. The predicted molar refractivity (Wildman–Crippen MR) is 50.2 cm³/mol. The van der Waals surface area contributed by atoms with E-state index in [-0.39, 0.29) is 11.9 Å². The Labute approximate surface area is 84.5 Å². The summed E-state index contributed by atoms with van der Waals surface area (Å²) in [6.07, 6.45) is 5.05. The molecule has 0 aromatic heterocycles. The van der Waals surface area contributed by atoms with Crippen molar-refractivity contribution in [1.29, 1.82) is 0 Å². The van der Waals surface area contributed by atoms with Gasteiger partial charge < -0.3 is 4.89 Å². The highest BCUT2D eigenvalue weighted by Crippen LogP contribution is 2.32. The van der Waals surface area contributed by atoms with Gasteiger partial charge in [0.25, 0.3) is 0 Å². The van der Waals surface area contributed by atoms with Gasteiger partial charge in [0.1, 0.15) is 0 Å². The van der Waals surface area contributed by atoms with Crippen molar-refractivity contribution in [3.05, 3.63) is 23.5 Å². The van der Waals surface area contributed by atoms with Crippen molar-refractivity contribution >= 4 is 21.7 Å². The molecule has 0 spiro atoms. The first-order chi connectivity index (χ1) is 6.33. The van der Waals surface area contributed by atoms with Gasteiger partial charge in [-0.3, -0.25) is 4.79 Å². The normalized spacial score (nSPS) is 24.8. The van der Waals surface area contributed by atoms with E-state index in [4.69, 9.17) is 9.78 Å². The average molecular weight is 245 g/mol. The van der Waals surface area contributed by atoms with Crippen LogP contribution in [0.15, 0.2) is 23.5 Å². The molecule has 1 atom stereocenters. The number of Topliss-reactive ketones (excluding diaryl/α,β-unsaturated/α-hetero) is 1. The van der Waals surface area contributed by atoms with Crippen LogP contribution in [0.5, 0.6) is 0 Å². The molecule has 4 heteroatoms. The van der Waals surface area contributed by atoms with Crippen molar-refractivity contribution in [2.45, 2.75) is 18.9 Å². The molecule has 3 nitrogen and oxygen atoms in total. The van der Waals surface area contributed by atoms with E-state index in [1.54, 1.807) is 0 Å². The number of alkyl halides is 1. The maximum absolute atomic E-state index is 11.5. The highest BCUT2D eigenvalue weighted by Gasteiger charge is 2.35. The molecule has 0 radical (unpaired) electrons. The van der Waals surface area contributed by atoms with Gasteiger partial charge in [-0.2, -0.15) is 4.89 Å². The fourth-order valence-electron chi connectivity index (χ4n) is 1.37. The largest absolute Gasteiger partial charge is 0.338 e. The van der Waals surface area contributed by atoms with Crippen LogP contribution >= 0.6 is 15.9 Å². The van der Waals surface area contributed by atoms with Gasteiger partial charge in [0.15, 0.2) is 17.6 Å². The molecule has 1 aliphatic carbocycles. The number of fused-ring (bicyclic) bond motifs is 1. The van der Waals surface area contributed by atoms with Crippen molar-refractivity contribution in [2.75, 3.05) is 5.33 Å². The number of rotatable bonds is 3. The fourth-order valence-corrected chi connectivity index (χ4v) is 1.73. The van der Waals surface area contributed by atoms with Crippen molar-refractivity contribution in [3.63, 3.8) is 0 Å². The monoisotopic (exact) mass is 244 g/mol. The second kappa shape index (κ2) is 3.64. The maximum Gasteiger partial charge on any atom is 0.186 e. The molecule has 1 heterocycles. The molecule has 0 bridgehead atoms. The lowest BCUT2D eigenvalue weighted by molar-refractivity contribution is -0.377. The van der Waals surface area contributed by atoms with E-state index in [0.717, 1.165) is 6.42 Å². The van der Waals surface area contributed by atoms with E-state index in [1.807, 2.05) is 12.2 Å². The number of hydrogen-bond donors (Lipinski definition) is 0. The molecule has 1 unspecified atom stereocenters. The summed E-state index contributed by atoms with van der Waals surface area (Å²) < 4.78 is 0. The lowest BCUT2D eigenvalue weighted by Gasteiger charge is -2.30. The molecule has 0 amide bonds. The summed E-state index contributed by atoms with van der Waals surface area (Å²) in [5.41, 5.74) is 0.668. The number of allylic oxidation sites excluding steroid dienone is 2. The van der Waals surface area contributed by atoms with E-state index in [2.05, 4.69) is 15.9 Å². The molecule has 0 N–H and O–H groups in total. The van der Waals surface area contributed by atoms with E-state index in [9.17, 15) is 4.79 Å². The van der Waals surface area contributed by atoms with E-state index >= 15 is 0 Å². The molecule has 1 aliphatic heterocycles. The zero-order chi connectivity index (χ0) is 9.26. The Morgan fingerprint density at radius 2 is 2.54 bits per heavy atom. The Bertz CT molecular complexity index is 293. The molecular weight excluding hydrogens is 236 g/mol. The second-order valence-electron chi connectivity index (χ2n) is 2.95. The van der Waals surface area contributed by atoms with Gasteiger partial charge in [0.2, 0.25) is 0 Å². The van der Waals surface area contributed by atoms with Crippen LogP contribution in [-0.4, -0.2) is 17.2 Å². The van der Waals surface area contributed by atoms with E-state index in [0.29, 0.717) is 23.1 Å². The van der Waals surface area contributed by atoms with Gasteiger partial charge in [-0.15, -0.1) is 0 Å². The summed E-state index contributed by atoms with van der Waals surface area (Å²) in [6.45, 7) is 0. The quantitative estimate of drug-likeness (QED) is 0.562. The van der Waals surface area contributed by atoms with Crippen molar-refractivity contribution < 1.29 is 14.6 Å². The summed E-state index contributed by atoms with van der Waals surface area (Å²) in [5, 5.41) is 0.683. The van der Waals surface area contributed by atoms with Crippen molar-refractivity contribution in [3.8, 4) is 0 Å². The van der Waals surface area contributed by atoms with Gasteiger partial charge in [0.05, 0.1) is 5.57 Å². The molecule has 0 saturated carbocycles. The Morgan fingerprint density at radius 1 is 1.69 bits per heavy atom. The molecule has 70 valence electrons. The predicted octanol–water partition coefficient (Wildman–Crippen LogP) is 1.88. The van der Waals surface area contributed by atoms with Crippen molar-refractivity contribution in [1.82, 2.24) is 0 Å². The van der Waals surface area contributed by atoms with E-state index < -0.39 is 0 Å². The standard InChI is InChI=1S/C9H9BrO3/c10-5-4-7(11)6-2-1-3-8-9(6)13-12-8/h1-2,8H,3-5H2. The van der Waals surface area contributed by atoms with Crippen LogP contribution in [0.3, 0.4) is 0 Å². The first-order valence-corrected chi connectivity index (χ1v) is 5.28. The van der Waals surface area contributed by atoms with Crippen LogP contribution in [0.4, 0.5) is 0 Å². The number of ketones is 1. The molecular formula is C9H9BrO3. The SMILES string of the molecule is O=C(CCBr)C1=C2OOC2CC=C1. The van der Waals surface area contributed by atoms with Crippen LogP contribution in [0, 0.1) is 0 Å². The zero-order valence-corrected chi connectivity index (χ0v) is 8.54. The van der Waals surface area contributed by atoms with Gasteiger partial charge >= 0.3 is 0 Å². The highest BCUT2D eigenvalue weighted by molar-refractivity contribution is 9.09. The highest BCUT2D eigenvalue weighted by atomic mass is 79.9. The Balaban J connectivity index is 2.17. The van der Waals surface area contributed by atoms with E-state index in [1.165, 1.54) is 0 Å². The average Bonchev–Trinajstić information content (AvgIpc) is 2.07. The lowest BCUT2D eigenvalue weighted by atomic mass is 9.97. The molecule has 13 heavy (non-hydrogen) atoms. The number of hydrogen-bond acceptors (Lipinski definition) is 3. The Hall–Kier alpha value is -0.610. The van der Waals surface area contributed by atoms with Crippen LogP contribution in [0.2, 0.25) is 0 Å². The van der Waals surface area contributed by atoms with Crippen LogP contribution in [-0.2, 0) is 14.6 Å². The zero-order valence-electron chi connectivity index (χ0n) is 6.96. The third-order valence-corrected chi connectivity index (χ3v) is 2.47. The third kappa shape index (κ3) is 1.56. The molecule has 0 aromatic carbocycles. The molecule has 1 fully saturated rings. The third-order valence-electron chi connectivity index (χ3n) is 2.07. The maximum atomic E-state index is 11.5. The summed E-state index contributed by atoms with van der Waals surface area (Å²) in [6, 6.07) is 0. The van der Waals surface area contributed by atoms with Gasteiger partial charge in [-0.25, -0.2) is 0 Å². The molecule has 1 saturated heterocycles. The second-order valence-corrected chi connectivity index (χ2v) is 3.74. The Morgan fingerprint density at radius 3 is 3.15 bits per heavy atom. The topological polar surface area (TPSA) is 35.5 Å². The fraction of sp³-hybridized carbons (Fsp3) is 0.444. The lowest BCUT2D eigenvalue weighted by Crippen LogP contribution is -2.32. The van der Waals surface area contributed by atoms with Gasteiger partial charge in [-0.05, 0) is 0 Å². The first-order valence-electron chi connectivity index (χ1n) is 4.16. The Kier molecular flexibility index (Phi) is 2.51. The summed E-state index contributed by atoms with van der Waals surface area (Å²) in [4.78, 5) is 21.1. The minimum Gasteiger partial charge on any atom is -0.338 e. The summed E-state index contributed by atoms with van der Waals surface area (Å²) in [7, 11) is 0. The number of halogens is 1. The molecule has 2 aliphatic rings. The number of carbonyl (C=O) groups excluding carboxylic acids is 1. The van der Waals surface area contributed by atoms with Gasteiger partial charge in [-0.1, -0.05) is 28.1 Å². The number of carbonyl (C=O) groups is 1. The minimum atomic E-state index is -0.0146. The molecule has 0 aromatic rings. The van der Waals surface area contributed by atoms with Crippen LogP contribution in [0.1, 0.15) is 12.8 Å². The molecule has 2 rings (SSSR count). The smallest absolute Gasteiger partial charge is 0.186 e.